The second kappa shape index (κ2) is 9.84. The molecule has 0 aromatic heterocycles. The van der Waals surface area contributed by atoms with Crippen molar-refractivity contribution in [1.29, 1.82) is 0 Å². The zero-order chi connectivity index (χ0) is 22.5. The van der Waals surface area contributed by atoms with Gasteiger partial charge in [0.05, 0.1) is 39.3 Å². The maximum Gasteiger partial charge on any atom is 0.243 e. The summed E-state index contributed by atoms with van der Waals surface area (Å²) in [5.74, 6) is -0.926. The van der Waals surface area contributed by atoms with Crippen molar-refractivity contribution in [2.45, 2.75) is 13.1 Å². The van der Waals surface area contributed by atoms with Gasteiger partial charge in [-0.1, -0.05) is 60.7 Å². The molecular formula is C24H26N4O4. The molecular weight excluding hydrogens is 408 g/mol. The molecule has 0 radical (unpaired) electrons. The highest BCUT2D eigenvalue weighted by Gasteiger charge is 2.33. The monoisotopic (exact) mass is 434 g/mol. The van der Waals surface area contributed by atoms with E-state index >= 15 is 0 Å². The normalized spacial score (nSPS) is 18.5. The highest BCUT2D eigenvalue weighted by Crippen LogP contribution is 2.13. The molecule has 0 spiro atoms. The number of amides is 4. The van der Waals surface area contributed by atoms with Gasteiger partial charge in [0.15, 0.2) is 0 Å². The minimum absolute atomic E-state index is 0.147. The molecule has 8 heteroatoms. The van der Waals surface area contributed by atoms with Crippen LogP contribution < -0.4 is 0 Å². The zero-order valence-electron chi connectivity index (χ0n) is 17.9. The van der Waals surface area contributed by atoms with Gasteiger partial charge in [-0.05, 0) is 11.1 Å². The Morgan fingerprint density at radius 2 is 0.812 bits per heavy atom. The van der Waals surface area contributed by atoms with Gasteiger partial charge in [-0.15, -0.1) is 0 Å². The molecule has 2 aliphatic rings. The quantitative estimate of drug-likeness (QED) is 0.598. The summed E-state index contributed by atoms with van der Waals surface area (Å²) in [6.45, 7) is 2.02. The summed E-state index contributed by atoms with van der Waals surface area (Å²) in [6.07, 6.45) is 0. The van der Waals surface area contributed by atoms with Gasteiger partial charge < -0.3 is 0 Å². The van der Waals surface area contributed by atoms with Gasteiger partial charge in [0.25, 0.3) is 0 Å². The number of nitrogens with zero attached hydrogens (tertiary/aromatic N) is 4. The molecule has 4 rings (SSSR count). The lowest BCUT2D eigenvalue weighted by atomic mass is 10.2. The fraction of sp³-hybridized carbons (Fsp3) is 0.333. The Morgan fingerprint density at radius 3 is 1.12 bits per heavy atom. The van der Waals surface area contributed by atoms with Crippen molar-refractivity contribution in [2.75, 3.05) is 39.3 Å². The molecule has 4 amide bonds. The van der Waals surface area contributed by atoms with E-state index < -0.39 is 0 Å². The molecule has 0 aliphatic carbocycles. The largest absolute Gasteiger partial charge is 0.284 e. The summed E-state index contributed by atoms with van der Waals surface area (Å²) in [6, 6.07) is 18.8. The van der Waals surface area contributed by atoms with Crippen LogP contribution in [0.4, 0.5) is 0 Å². The molecule has 0 saturated carbocycles. The number of rotatable bonds is 7. The first kappa shape index (κ1) is 21.9. The van der Waals surface area contributed by atoms with Gasteiger partial charge in [-0.25, -0.2) is 0 Å². The lowest BCUT2D eigenvalue weighted by molar-refractivity contribution is -0.155. The summed E-state index contributed by atoms with van der Waals surface area (Å²) in [7, 11) is 0. The number of carbonyl (C=O) groups excluding carboxylic acids is 4. The average molecular weight is 434 g/mol. The second-order valence-electron chi connectivity index (χ2n) is 8.14. The van der Waals surface area contributed by atoms with Crippen molar-refractivity contribution < 1.29 is 19.2 Å². The van der Waals surface area contributed by atoms with Gasteiger partial charge >= 0.3 is 0 Å². The summed E-state index contributed by atoms with van der Waals surface area (Å²) in [4.78, 5) is 56.2. The molecule has 8 nitrogen and oxygen atoms in total. The molecule has 0 atom stereocenters. The predicted molar refractivity (Wildman–Crippen MR) is 117 cm³/mol. The van der Waals surface area contributed by atoms with Gasteiger partial charge in [0.2, 0.25) is 23.6 Å². The average Bonchev–Trinajstić information content (AvgIpc) is 2.79. The van der Waals surface area contributed by atoms with Crippen molar-refractivity contribution in [3.05, 3.63) is 71.8 Å². The molecule has 0 bridgehead atoms. The SMILES string of the molecule is O=C1CN(CCN2CC(=O)N(Cc3ccccc3)C(=O)C2)CC(=O)N1Cc1ccccc1. The van der Waals surface area contributed by atoms with Crippen LogP contribution in [-0.2, 0) is 32.3 Å². The van der Waals surface area contributed by atoms with E-state index in [4.69, 9.17) is 0 Å². The number of hydrogen-bond acceptors (Lipinski definition) is 6. The van der Waals surface area contributed by atoms with Crippen LogP contribution in [0.3, 0.4) is 0 Å². The minimum Gasteiger partial charge on any atom is -0.284 e. The van der Waals surface area contributed by atoms with E-state index in [9.17, 15) is 19.2 Å². The standard InChI is InChI=1S/C24H26N4O4/c29-21-15-25(16-22(30)27(21)13-19-7-3-1-4-8-19)11-12-26-17-23(31)28(24(32)18-26)14-20-9-5-2-6-10-20/h1-10H,11-18H2. The van der Waals surface area contributed by atoms with E-state index in [0.717, 1.165) is 11.1 Å². The first-order chi connectivity index (χ1) is 15.5. The van der Waals surface area contributed by atoms with E-state index in [-0.39, 0.29) is 62.9 Å². The molecule has 2 aromatic carbocycles. The van der Waals surface area contributed by atoms with Crippen LogP contribution in [0.5, 0.6) is 0 Å². The van der Waals surface area contributed by atoms with Crippen LogP contribution in [-0.4, -0.2) is 82.5 Å². The number of imide groups is 2. The van der Waals surface area contributed by atoms with Gasteiger partial charge in [0, 0.05) is 13.1 Å². The van der Waals surface area contributed by atoms with Crippen molar-refractivity contribution in [1.82, 2.24) is 19.6 Å². The lowest BCUT2D eigenvalue weighted by Crippen LogP contribution is -2.57. The molecule has 0 unspecified atom stereocenters. The van der Waals surface area contributed by atoms with Crippen LogP contribution in [0.25, 0.3) is 0 Å². The van der Waals surface area contributed by atoms with Crippen LogP contribution in [0.15, 0.2) is 60.7 Å². The number of benzene rings is 2. The highest BCUT2D eigenvalue weighted by atomic mass is 16.2. The van der Waals surface area contributed by atoms with Gasteiger partial charge in [-0.3, -0.25) is 38.8 Å². The summed E-state index contributed by atoms with van der Waals surface area (Å²) in [5.41, 5.74) is 1.82. The Labute approximate surface area is 187 Å². The fourth-order valence-electron chi connectivity index (χ4n) is 3.98. The first-order valence-electron chi connectivity index (χ1n) is 10.7. The highest BCUT2D eigenvalue weighted by molar-refractivity contribution is 6.00. The fourth-order valence-corrected chi connectivity index (χ4v) is 3.98. The maximum atomic E-state index is 12.5. The van der Waals surface area contributed by atoms with E-state index in [1.807, 2.05) is 60.7 Å². The maximum absolute atomic E-state index is 12.5. The number of hydrogen-bond donors (Lipinski definition) is 0. The third-order valence-electron chi connectivity index (χ3n) is 5.74. The second-order valence-corrected chi connectivity index (χ2v) is 8.14. The Hall–Kier alpha value is -3.36. The minimum atomic E-state index is -0.232. The molecule has 2 heterocycles. The van der Waals surface area contributed by atoms with E-state index in [0.29, 0.717) is 13.1 Å². The molecule has 0 N–H and O–H groups in total. The van der Waals surface area contributed by atoms with Gasteiger partial charge in [-0.2, -0.15) is 0 Å². The van der Waals surface area contributed by atoms with Crippen LogP contribution in [0.2, 0.25) is 0 Å². The summed E-state index contributed by atoms with van der Waals surface area (Å²) >= 11 is 0. The smallest absolute Gasteiger partial charge is 0.243 e. The Bertz CT molecular complexity index is 878. The van der Waals surface area contributed by atoms with Crippen LogP contribution >= 0.6 is 0 Å². The van der Waals surface area contributed by atoms with Crippen molar-refractivity contribution >= 4 is 23.6 Å². The molecule has 166 valence electrons. The molecule has 2 aromatic rings. The first-order valence-corrected chi connectivity index (χ1v) is 10.7. The molecule has 2 aliphatic heterocycles. The summed E-state index contributed by atoms with van der Waals surface area (Å²) in [5, 5.41) is 0. The van der Waals surface area contributed by atoms with Crippen LogP contribution in [0, 0.1) is 0 Å². The number of carbonyl (C=O) groups is 4. The molecule has 2 fully saturated rings. The Morgan fingerprint density at radius 1 is 0.500 bits per heavy atom. The number of piperazine rings is 2. The van der Waals surface area contributed by atoms with Crippen molar-refractivity contribution in [2.24, 2.45) is 0 Å². The van der Waals surface area contributed by atoms with Crippen molar-refractivity contribution in [3.63, 3.8) is 0 Å². The third-order valence-corrected chi connectivity index (χ3v) is 5.74. The summed E-state index contributed by atoms with van der Waals surface area (Å²) < 4.78 is 0. The van der Waals surface area contributed by atoms with Crippen LogP contribution in [0.1, 0.15) is 11.1 Å². The topological polar surface area (TPSA) is 81.2 Å². The predicted octanol–water partition coefficient (Wildman–Crippen LogP) is 0.728. The van der Waals surface area contributed by atoms with E-state index in [1.165, 1.54) is 9.80 Å². The molecule has 32 heavy (non-hydrogen) atoms. The lowest BCUT2D eigenvalue weighted by Gasteiger charge is -2.36. The van der Waals surface area contributed by atoms with Crippen molar-refractivity contribution in [3.8, 4) is 0 Å². The Balaban J connectivity index is 1.26. The molecule has 2 saturated heterocycles. The van der Waals surface area contributed by atoms with E-state index in [2.05, 4.69) is 0 Å². The Kier molecular flexibility index (Phi) is 6.72. The zero-order valence-corrected chi connectivity index (χ0v) is 17.9. The third kappa shape index (κ3) is 5.27. The van der Waals surface area contributed by atoms with E-state index in [1.54, 1.807) is 9.80 Å². The van der Waals surface area contributed by atoms with Gasteiger partial charge in [0.1, 0.15) is 0 Å².